The highest BCUT2D eigenvalue weighted by atomic mass is 16.2. The molecule has 156 valence electrons. The first-order valence-corrected chi connectivity index (χ1v) is 9.58. The van der Waals surface area contributed by atoms with Gasteiger partial charge < -0.3 is 9.13 Å². The molecule has 0 saturated carbocycles. The molecule has 4 aromatic rings. The Morgan fingerprint density at radius 2 is 1.68 bits per heavy atom. The summed E-state index contributed by atoms with van der Waals surface area (Å²) < 4.78 is 5.55. The number of aromatic nitrogens is 6. The summed E-state index contributed by atoms with van der Waals surface area (Å²) in [6, 6.07) is 7.15. The third kappa shape index (κ3) is 3.46. The van der Waals surface area contributed by atoms with Crippen molar-refractivity contribution in [2.75, 3.05) is 0 Å². The van der Waals surface area contributed by atoms with Crippen LogP contribution in [0.4, 0.5) is 0 Å². The number of rotatable bonds is 5. The third-order valence-electron chi connectivity index (χ3n) is 5.24. The molecule has 0 spiro atoms. The first-order chi connectivity index (χ1) is 14.9. The SMILES string of the molecule is Cn1c(=O)c2c(ncn2CCCn2cc(-c3ccncc3)cc(C#N)c2=O)n(C)c1=O. The van der Waals surface area contributed by atoms with Crippen LogP contribution >= 0.6 is 0 Å². The maximum atomic E-state index is 12.6. The molecule has 0 N–H and O–H groups in total. The molecule has 0 amide bonds. The first-order valence-electron chi connectivity index (χ1n) is 9.58. The van der Waals surface area contributed by atoms with E-state index in [1.54, 1.807) is 36.3 Å². The number of fused-ring (bicyclic) bond motifs is 1. The largest absolute Gasteiger partial charge is 0.332 e. The monoisotopic (exact) mass is 417 g/mol. The minimum atomic E-state index is -0.439. The lowest BCUT2D eigenvalue weighted by atomic mass is 10.1. The molecule has 0 fully saturated rings. The standard InChI is InChI=1S/C21H19N7O3/c1-25-18-17(20(30)26(2)21(25)31)28(13-24-18)9-3-8-27-12-16(10-15(11-22)19(27)29)14-4-6-23-7-5-14/h4-7,10,12-13H,3,8-9H2,1-2H3. The van der Waals surface area contributed by atoms with Gasteiger partial charge >= 0.3 is 5.69 Å². The van der Waals surface area contributed by atoms with Gasteiger partial charge in [0.1, 0.15) is 11.6 Å². The zero-order valence-electron chi connectivity index (χ0n) is 17.0. The zero-order chi connectivity index (χ0) is 22.1. The Balaban J connectivity index is 1.64. The van der Waals surface area contributed by atoms with Gasteiger partial charge in [0, 0.05) is 45.8 Å². The number of pyridine rings is 2. The number of hydrogen-bond acceptors (Lipinski definition) is 6. The molecule has 0 aliphatic rings. The summed E-state index contributed by atoms with van der Waals surface area (Å²) in [6.45, 7) is 0.760. The Hall–Kier alpha value is -4.26. The van der Waals surface area contributed by atoms with Crippen molar-refractivity contribution < 1.29 is 0 Å². The summed E-state index contributed by atoms with van der Waals surface area (Å²) in [5, 5.41) is 9.36. The van der Waals surface area contributed by atoms with Crippen LogP contribution in [0.15, 0.2) is 57.5 Å². The number of nitriles is 1. The summed E-state index contributed by atoms with van der Waals surface area (Å²) in [4.78, 5) is 45.4. The maximum absolute atomic E-state index is 12.6. The van der Waals surface area contributed by atoms with Gasteiger partial charge in [-0.3, -0.25) is 23.7 Å². The van der Waals surface area contributed by atoms with Gasteiger partial charge in [-0.15, -0.1) is 0 Å². The average Bonchev–Trinajstić information content (AvgIpc) is 3.22. The molecule has 4 aromatic heterocycles. The molecule has 0 aliphatic carbocycles. The van der Waals surface area contributed by atoms with Gasteiger partial charge in [0.05, 0.1) is 6.33 Å². The molecular formula is C21H19N7O3. The van der Waals surface area contributed by atoms with E-state index < -0.39 is 11.2 Å². The van der Waals surface area contributed by atoms with Crippen molar-refractivity contribution in [1.29, 1.82) is 5.26 Å². The van der Waals surface area contributed by atoms with Crippen LogP contribution in [0.2, 0.25) is 0 Å². The van der Waals surface area contributed by atoms with E-state index in [4.69, 9.17) is 0 Å². The van der Waals surface area contributed by atoms with Gasteiger partial charge in [-0.2, -0.15) is 5.26 Å². The molecule has 0 atom stereocenters. The molecule has 0 saturated heterocycles. The highest BCUT2D eigenvalue weighted by Gasteiger charge is 2.14. The summed E-state index contributed by atoms with van der Waals surface area (Å²) in [5.41, 5.74) is 1.09. The predicted octanol–water partition coefficient (Wildman–Crippen LogP) is 0.619. The van der Waals surface area contributed by atoms with Crippen LogP contribution in [0.25, 0.3) is 22.3 Å². The van der Waals surface area contributed by atoms with Crippen LogP contribution in [0, 0.1) is 11.3 Å². The van der Waals surface area contributed by atoms with Crippen LogP contribution in [0.5, 0.6) is 0 Å². The first kappa shape index (κ1) is 20.0. The fraction of sp³-hybridized carbons (Fsp3) is 0.238. The lowest BCUT2D eigenvalue weighted by Crippen LogP contribution is -2.37. The number of aryl methyl sites for hydroxylation is 3. The second kappa shape index (κ2) is 7.87. The smallest absolute Gasteiger partial charge is 0.325 e. The number of imidazole rings is 1. The van der Waals surface area contributed by atoms with Crippen molar-refractivity contribution in [3.05, 3.63) is 79.9 Å². The van der Waals surface area contributed by atoms with Gasteiger partial charge in [-0.1, -0.05) is 0 Å². The second-order valence-electron chi connectivity index (χ2n) is 7.16. The van der Waals surface area contributed by atoms with Crippen LogP contribution in [-0.2, 0) is 27.2 Å². The number of nitrogens with zero attached hydrogens (tertiary/aromatic N) is 7. The predicted molar refractivity (Wildman–Crippen MR) is 113 cm³/mol. The van der Waals surface area contributed by atoms with Crippen molar-refractivity contribution in [1.82, 2.24) is 28.2 Å². The summed E-state index contributed by atoms with van der Waals surface area (Å²) in [5.74, 6) is 0. The van der Waals surface area contributed by atoms with Gasteiger partial charge in [0.2, 0.25) is 0 Å². The molecule has 4 heterocycles. The normalized spacial score (nSPS) is 11.0. The van der Waals surface area contributed by atoms with Gasteiger partial charge in [0.15, 0.2) is 11.2 Å². The topological polar surface area (TPSA) is 120 Å². The quantitative estimate of drug-likeness (QED) is 0.469. The molecule has 0 unspecified atom stereocenters. The molecule has 4 rings (SSSR count). The minimum Gasteiger partial charge on any atom is -0.325 e. The Morgan fingerprint density at radius 3 is 2.39 bits per heavy atom. The maximum Gasteiger partial charge on any atom is 0.332 e. The minimum absolute atomic E-state index is 0.0614. The molecule has 0 aromatic carbocycles. The molecule has 10 heteroatoms. The van der Waals surface area contributed by atoms with Crippen LogP contribution < -0.4 is 16.8 Å². The van der Waals surface area contributed by atoms with E-state index in [2.05, 4.69) is 9.97 Å². The van der Waals surface area contributed by atoms with E-state index in [0.29, 0.717) is 30.7 Å². The van der Waals surface area contributed by atoms with Crippen LogP contribution in [-0.4, -0.2) is 28.2 Å². The van der Waals surface area contributed by atoms with Gasteiger partial charge in [-0.25, -0.2) is 9.78 Å². The van der Waals surface area contributed by atoms with E-state index >= 15 is 0 Å². The van der Waals surface area contributed by atoms with E-state index in [9.17, 15) is 19.6 Å². The Bertz CT molecular complexity index is 1500. The Kier molecular flexibility index (Phi) is 5.09. The lowest BCUT2D eigenvalue weighted by molar-refractivity contribution is 0.558. The second-order valence-corrected chi connectivity index (χ2v) is 7.16. The number of hydrogen-bond donors (Lipinski definition) is 0. The van der Waals surface area contributed by atoms with Crippen molar-refractivity contribution in [3.63, 3.8) is 0 Å². The molecule has 0 aliphatic heterocycles. The Labute approximate surface area is 175 Å². The summed E-state index contributed by atoms with van der Waals surface area (Å²) in [6.07, 6.45) is 7.04. The fourth-order valence-corrected chi connectivity index (χ4v) is 3.56. The highest BCUT2D eigenvalue weighted by Crippen LogP contribution is 2.18. The Morgan fingerprint density at radius 1 is 0.968 bits per heavy atom. The van der Waals surface area contributed by atoms with E-state index in [0.717, 1.165) is 15.7 Å². The van der Waals surface area contributed by atoms with Crippen molar-refractivity contribution in [3.8, 4) is 17.2 Å². The van der Waals surface area contributed by atoms with Crippen LogP contribution in [0.1, 0.15) is 12.0 Å². The van der Waals surface area contributed by atoms with Crippen LogP contribution in [0.3, 0.4) is 0 Å². The van der Waals surface area contributed by atoms with Crippen molar-refractivity contribution in [2.24, 2.45) is 14.1 Å². The molecule has 31 heavy (non-hydrogen) atoms. The summed E-state index contributed by atoms with van der Waals surface area (Å²) in [7, 11) is 2.99. The zero-order valence-corrected chi connectivity index (χ0v) is 17.0. The lowest BCUT2D eigenvalue weighted by Gasteiger charge is -2.11. The van der Waals surface area contributed by atoms with Gasteiger partial charge in [-0.05, 0) is 35.7 Å². The van der Waals surface area contributed by atoms with E-state index in [1.165, 1.54) is 22.5 Å². The average molecular weight is 417 g/mol. The molecular weight excluding hydrogens is 398 g/mol. The molecule has 10 nitrogen and oxygen atoms in total. The van der Waals surface area contributed by atoms with E-state index in [-0.39, 0.29) is 11.1 Å². The fourth-order valence-electron chi connectivity index (χ4n) is 3.56. The van der Waals surface area contributed by atoms with E-state index in [1.807, 2.05) is 18.2 Å². The molecule has 0 radical (unpaired) electrons. The summed E-state index contributed by atoms with van der Waals surface area (Å²) >= 11 is 0. The van der Waals surface area contributed by atoms with Gasteiger partial charge in [0.25, 0.3) is 11.1 Å². The van der Waals surface area contributed by atoms with Crippen molar-refractivity contribution in [2.45, 2.75) is 19.5 Å². The molecule has 0 bridgehead atoms. The van der Waals surface area contributed by atoms with Crippen molar-refractivity contribution >= 4 is 11.2 Å². The highest BCUT2D eigenvalue weighted by molar-refractivity contribution is 5.69. The third-order valence-corrected chi connectivity index (χ3v) is 5.24.